The average Bonchev–Trinajstić information content (AvgIpc) is 2.57. The number of rotatable bonds is 3. The minimum atomic E-state index is -3.73. The van der Waals surface area contributed by atoms with Crippen LogP contribution in [0.1, 0.15) is 0 Å². The normalized spacial score (nSPS) is 11.3. The molecule has 2 aromatic carbocycles. The Morgan fingerprint density at radius 3 is 2.05 bits per heavy atom. The number of hydrogen-bond acceptors (Lipinski definition) is 5. The smallest absolute Gasteiger partial charge is 0.210 e. The minimum absolute atomic E-state index is 0.0347. The summed E-state index contributed by atoms with van der Waals surface area (Å²) in [6.45, 7) is 0. The summed E-state index contributed by atoms with van der Waals surface area (Å²) in [4.78, 5) is 0.140. The van der Waals surface area contributed by atoms with Crippen LogP contribution in [-0.4, -0.2) is 18.6 Å². The van der Waals surface area contributed by atoms with Crippen LogP contribution in [0.4, 0.5) is 5.82 Å². The van der Waals surface area contributed by atoms with Crippen molar-refractivity contribution in [2.45, 2.75) is 9.79 Å². The SMILES string of the molecule is Nc1nnc(-c2ccccc2)cc1S(=O)(=O)c1ccccc1. The van der Waals surface area contributed by atoms with Gasteiger partial charge in [-0.05, 0) is 18.2 Å². The van der Waals surface area contributed by atoms with Gasteiger partial charge in [-0.1, -0.05) is 48.5 Å². The fourth-order valence-corrected chi connectivity index (χ4v) is 3.43. The molecule has 0 saturated heterocycles. The molecule has 110 valence electrons. The van der Waals surface area contributed by atoms with Gasteiger partial charge < -0.3 is 5.73 Å². The van der Waals surface area contributed by atoms with E-state index in [2.05, 4.69) is 10.2 Å². The standard InChI is InChI=1S/C16H13N3O2S/c17-16-15(22(20,21)13-9-5-2-6-10-13)11-14(18-19-16)12-7-3-1-4-8-12/h1-11H,(H2,17,19). The van der Waals surface area contributed by atoms with Crippen LogP contribution >= 0.6 is 0 Å². The average molecular weight is 311 g/mol. The summed E-state index contributed by atoms with van der Waals surface area (Å²) in [6, 6.07) is 18.8. The maximum absolute atomic E-state index is 12.7. The molecular weight excluding hydrogens is 298 g/mol. The van der Waals surface area contributed by atoms with Crippen LogP contribution in [0.25, 0.3) is 11.3 Å². The molecule has 0 amide bonds. The zero-order chi connectivity index (χ0) is 15.6. The van der Waals surface area contributed by atoms with Crippen LogP contribution in [0.3, 0.4) is 0 Å². The predicted octanol–water partition coefficient (Wildman–Crippen LogP) is 2.56. The van der Waals surface area contributed by atoms with Gasteiger partial charge in [0.25, 0.3) is 0 Å². The monoisotopic (exact) mass is 311 g/mol. The molecule has 0 aliphatic carbocycles. The highest BCUT2D eigenvalue weighted by atomic mass is 32.2. The van der Waals surface area contributed by atoms with E-state index in [-0.39, 0.29) is 15.6 Å². The van der Waals surface area contributed by atoms with Crippen LogP contribution < -0.4 is 5.73 Å². The van der Waals surface area contributed by atoms with Gasteiger partial charge in [0.15, 0.2) is 5.82 Å². The van der Waals surface area contributed by atoms with Gasteiger partial charge in [-0.15, -0.1) is 10.2 Å². The molecular formula is C16H13N3O2S. The summed E-state index contributed by atoms with van der Waals surface area (Å²) in [6.07, 6.45) is 0. The van der Waals surface area contributed by atoms with Crippen LogP contribution in [0.2, 0.25) is 0 Å². The fraction of sp³-hybridized carbons (Fsp3) is 0. The van der Waals surface area contributed by atoms with E-state index in [0.717, 1.165) is 5.56 Å². The zero-order valence-electron chi connectivity index (χ0n) is 11.5. The molecule has 3 rings (SSSR count). The molecule has 0 radical (unpaired) electrons. The fourth-order valence-electron chi connectivity index (χ4n) is 2.08. The largest absolute Gasteiger partial charge is 0.381 e. The quantitative estimate of drug-likeness (QED) is 0.803. The van der Waals surface area contributed by atoms with Gasteiger partial charge in [-0.25, -0.2) is 8.42 Å². The lowest BCUT2D eigenvalue weighted by Gasteiger charge is -2.08. The second kappa shape index (κ2) is 5.57. The van der Waals surface area contributed by atoms with Crippen molar-refractivity contribution in [2.75, 3.05) is 5.73 Å². The van der Waals surface area contributed by atoms with E-state index < -0.39 is 9.84 Å². The van der Waals surface area contributed by atoms with E-state index in [4.69, 9.17) is 5.73 Å². The van der Waals surface area contributed by atoms with Gasteiger partial charge in [-0.2, -0.15) is 0 Å². The van der Waals surface area contributed by atoms with Gasteiger partial charge in [-0.3, -0.25) is 0 Å². The Balaban J connectivity index is 2.16. The van der Waals surface area contributed by atoms with Gasteiger partial charge in [0, 0.05) is 5.56 Å². The Bertz CT molecular complexity index is 895. The number of anilines is 1. The van der Waals surface area contributed by atoms with Crippen molar-refractivity contribution >= 4 is 15.7 Å². The summed E-state index contributed by atoms with van der Waals surface area (Å²) in [5, 5.41) is 7.77. The first kappa shape index (κ1) is 14.2. The van der Waals surface area contributed by atoms with Crippen molar-refractivity contribution in [3.8, 4) is 11.3 Å². The van der Waals surface area contributed by atoms with Crippen molar-refractivity contribution in [1.29, 1.82) is 0 Å². The third-order valence-electron chi connectivity index (χ3n) is 3.20. The summed E-state index contributed by atoms with van der Waals surface area (Å²) in [5.74, 6) is -0.108. The molecule has 2 N–H and O–H groups in total. The van der Waals surface area contributed by atoms with Crippen molar-refractivity contribution < 1.29 is 8.42 Å². The van der Waals surface area contributed by atoms with E-state index in [1.807, 2.05) is 30.3 Å². The van der Waals surface area contributed by atoms with Gasteiger partial charge >= 0.3 is 0 Å². The Morgan fingerprint density at radius 2 is 1.41 bits per heavy atom. The van der Waals surface area contributed by atoms with Crippen molar-refractivity contribution in [3.63, 3.8) is 0 Å². The second-order valence-corrected chi connectivity index (χ2v) is 6.58. The van der Waals surface area contributed by atoms with Crippen LogP contribution in [0.15, 0.2) is 76.5 Å². The second-order valence-electron chi connectivity index (χ2n) is 4.66. The summed E-state index contributed by atoms with van der Waals surface area (Å²) in [5.41, 5.74) is 6.98. The molecule has 0 spiro atoms. The molecule has 1 heterocycles. The molecule has 0 atom stereocenters. The first-order chi connectivity index (χ1) is 10.6. The van der Waals surface area contributed by atoms with E-state index >= 15 is 0 Å². The molecule has 6 heteroatoms. The number of sulfone groups is 1. The van der Waals surface area contributed by atoms with Crippen LogP contribution in [0.5, 0.6) is 0 Å². The lowest BCUT2D eigenvalue weighted by atomic mass is 10.1. The number of hydrogen-bond donors (Lipinski definition) is 1. The maximum atomic E-state index is 12.7. The number of nitrogens with zero attached hydrogens (tertiary/aromatic N) is 2. The molecule has 0 bridgehead atoms. The number of benzene rings is 2. The van der Waals surface area contributed by atoms with Crippen molar-refractivity contribution in [1.82, 2.24) is 10.2 Å². The highest BCUT2D eigenvalue weighted by Crippen LogP contribution is 2.27. The molecule has 3 aromatic rings. The Labute approximate surface area is 128 Å². The van der Waals surface area contributed by atoms with Gasteiger partial charge in [0.2, 0.25) is 9.84 Å². The zero-order valence-corrected chi connectivity index (χ0v) is 12.4. The van der Waals surface area contributed by atoms with Crippen molar-refractivity contribution in [3.05, 3.63) is 66.7 Å². The number of aromatic nitrogens is 2. The van der Waals surface area contributed by atoms with Gasteiger partial charge in [0.05, 0.1) is 10.6 Å². The maximum Gasteiger partial charge on any atom is 0.210 e. The molecule has 0 saturated carbocycles. The Hall–Kier alpha value is -2.73. The third kappa shape index (κ3) is 2.56. The Morgan fingerprint density at radius 1 is 0.818 bits per heavy atom. The lowest BCUT2D eigenvalue weighted by molar-refractivity contribution is 0.596. The lowest BCUT2D eigenvalue weighted by Crippen LogP contribution is -2.08. The van der Waals surface area contributed by atoms with E-state index in [0.29, 0.717) is 5.69 Å². The number of nitrogens with two attached hydrogens (primary N) is 1. The van der Waals surface area contributed by atoms with E-state index in [1.165, 1.54) is 18.2 Å². The molecule has 1 aromatic heterocycles. The molecule has 0 fully saturated rings. The summed E-state index contributed by atoms with van der Waals surface area (Å²) >= 11 is 0. The van der Waals surface area contributed by atoms with Gasteiger partial charge in [0.1, 0.15) is 4.90 Å². The highest BCUT2D eigenvalue weighted by molar-refractivity contribution is 7.91. The summed E-state index contributed by atoms with van der Waals surface area (Å²) in [7, 11) is -3.73. The Kier molecular flexibility index (Phi) is 3.60. The van der Waals surface area contributed by atoms with E-state index in [1.54, 1.807) is 18.2 Å². The topological polar surface area (TPSA) is 85.9 Å². The summed E-state index contributed by atoms with van der Waals surface area (Å²) < 4.78 is 25.4. The van der Waals surface area contributed by atoms with Crippen molar-refractivity contribution in [2.24, 2.45) is 0 Å². The first-order valence-corrected chi connectivity index (χ1v) is 8.06. The number of nitrogen functional groups attached to an aromatic ring is 1. The molecule has 0 aliphatic rings. The van der Waals surface area contributed by atoms with E-state index in [9.17, 15) is 8.42 Å². The molecule has 0 unspecified atom stereocenters. The molecule has 5 nitrogen and oxygen atoms in total. The minimum Gasteiger partial charge on any atom is -0.381 e. The molecule has 22 heavy (non-hydrogen) atoms. The van der Waals surface area contributed by atoms with Crippen LogP contribution in [0, 0.1) is 0 Å². The van der Waals surface area contributed by atoms with Crippen LogP contribution in [-0.2, 0) is 9.84 Å². The predicted molar refractivity (Wildman–Crippen MR) is 83.8 cm³/mol. The first-order valence-electron chi connectivity index (χ1n) is 6.58. The third-order valence-corrected chi connectivity index (χ3v) is 5.00. The molecule has 0 aliphatic heterocycles. The highest BCUT2D eigenvalue weighted by Gasteiger charge is 2.22.